The zero-order valence-electron chi connectivity index (χ0n) is 14.1. The Balaban J connectivity index is 1.93. The van der Waals surface area contributed by atoms with Crippen LogP contribution in [0.3, 0.4) is 0 Å². The molecule has 0 unspecified atom stereocenters. The second kappa shape index (κ2) is 10.3. The lowest BCUT2D eigenvalue weighted by molar-refractivity contribution is 0.0976. The second-order valence-electron chi connectivity index (χ2n) is 5.11. The smallest absolute Gasteiger partial charge is 0.257 e. The average Bonchev–Trinajstić information content (AvgIpc) is 2.61. The fourth-order valence-corrected chi connectivity index (χ4v) is 2.67. The Morgan fingerprint density at radius 2 is 1.96 bits per heavy atom. The van der Waals surface area contributed by atoms with Crippen LogP contribution in [-0.2, 0) is 4.74 Å². The molecule has 2 N–H and O–H groups in total. The van der Waals surface area contributed by atoms with E-state index in [4.69, 9.17) is 44.9 Å². The summed E-state index contributed by atoms with van der Waals surface area (Å²) in [5.74, 6) is 0.222. The van der Waals surface area contributed by atoms with Gasteiger partial charge in [0.2, 0.25) is 0 Å². The van der Waals surface area contributed by atoms with Crippen molar-refractivity contribution in [2.45, 2.75) is 6.92 Å². The number of benzene rings is 2. The van der Waals surface area contributed by atoms with Crippen LogP contribution in [0.4, 0.5) is 5.69 Å². The van der Waals surface area contributed by atoms with E-state index in [1.54, 1.807) is 42.5 Å². The molecule has 0 aromatic heterocycles. The van der Waals surface area contributed by atoms with E-state index in [1.807, 2.05) is 6.92 Å². The SMILES string of the molecule is CCOCCOc1cccc(C(=O)NC(=S)Nc2ccc(Cl)cc2Cl)c1. The third-order valence-electron chi connectivity index (χ3n) is 3.20. The molecule has 0 radical (unpaired) electrons. The third-order valence-corrected chi connectivity index (χ3v) is 3.96. The Labute approximate surface area is 167 Å². The molecule has 0 aliphatic carbocycles. The Morgan fingerprint density at radius 1 is 1.15 bits per heavy atom. The lowest BCUT2D eigenvalue weighted by atomic mass is 10.2. The Bertz CT molecular complexity index is 787. The molecule has 0 bridgehead atoms. The topological polar surface area (TPSA) is 59.6 Å². The molecule has 0 heterocycles. The quantitative estimate of drug-likeness (QED) is 0.516. The van der Waals surface area contributed by atoms with Crippen LogP contribution < -0.4 is 15.4 Å². The standard InChI is InChI=1S/C18H18Cl2N2O3S/c1-2-24-8-9-25-14-5-3-4-12(10-14)17(23)22-18(26)21-16-7-6-13(19)11-15(16)20/h3-7,10-11H,2,8-9H2,1H3,(H2,21,22,23,26). The van der Waals surface area contributed by atoms with Gasteiger partial charge in [0.15, 0.2) is 5.11 Å². The Kier molecular flexibility index (Phi) is 8.12. The van der Waals surface area contributed by atoms with Crippen molar-refractivity contribution in [3.63, 3.8) is 0 Å². The lowest BCUT2D eigenvalue weighted by Gasteiger charge is -2.12. The number of rotatable bonds is 7. The highest BCUT2D eigenvalue weighted by molar-refractivity contribution is 7.80. The summed E-state index contributed by atoms with van der Waals surface area (Å²) in [4.78, 5) is 12.3. The van der Waals surface area contributed by atoms with Gasteiger partial charge in [-0.05, 0) is 55.5 Å². The van der Waals surface area contributed by atoms with Gasteiger partial charge in [0.1, 0.15) is 12.4 Å². The Morgan fingerprint density at radius 3 is 2.69 bits per heavy atom. The zero-order chi connectivity index (χ0) is 18.9. The molecule has 5 nitrogen and oxygen atoms in total. The summed E-state index contributed by atoms with van der Waals surface area (Å²) in [6, 6.07) is 11.7. The van der Waals surface area contributed by atoms with Crippen LogP contribution in [0.25, 0.3) is 0 Å². The van der Waals surface area contributed by atoms with Gasteiger partial charge in [0.25, 0.3) is 5.91 Å². The largest absolute Gasteiger partial charge is 0.491 e. The first kappa shape index (κ1) is 20.5. The number of anilines is 1. The highest BCUT2D eigenvalue weighted by Gasteiger charge is 2.10. The number of carbonyl (C=O) groups excluding carboxylic acids is 1. The zero-order valence-corrected chi connectivity index (χ0v) is 16.4. The summed E-state index contributed by atoms with van der Waals surface area (Å²) < 4.78 is 10.8. The van der Waals surface area contributed by atoms with E-state index in [1.165, 1.54) is 0 Å². The van der Waals surface area contributed by atoms with Crippen molar-refractivity contribution < 1.29 is 14.3 Å². The number of hydrogen-bond donors (Lipinski definition) is 2. The molecule has 8 heteroatoms. The van der Waals surface area contributed by atoms with Gasteiger partial charge in [-0.1, -0.05) is 29.3 Å². The van der Waals surface area contributed by atoms with Gasteiger partial charge in [0.05, 0.1) is 17.3 Å². The first-order valence-corrected chi connectivity index (χ1v) is 9.04. The molecule has 0 saturated carbocycles. The van der Waals surface area contributed by atoms with E-state index in [2.05, 4.69) is 10.6 Å². The van der Waals surface area contributed by atoms with Crippen LogP contribution in [0, 0.1) is 0 Å². The summed E-state index contributed by atoms with van der Waals surface area (Å²) in [5, 5.41) is 6.50. The summed E-state index contributed by atoms with van der Waals surface area (Å²) in [6.07, 6.45) is 0. The first-order valence-electron chi connectivity index (χ1n) is 7.87. The molecule has 0 fully saturated rings. The predicted octanol–water partition coefficient (Wildman–Crippen LogP) is 4.54. The fraction of sp³-hybridized carbons (Fsp3) is 0.222. The lowest BCUT2D eigenvalue weighted by Crippen LogP contribution is -2.34. The minimum atomic E-state index is -0.358. The summed E-state index contributed by atoms with van der Waals surface area (Å²) in [6.45, 7) is 3.45. The van der Waals surface area contributed by atoms with Gasteiger partial charge in [-0.2, -0.15) is 0 Å². The first-order chi connectivity index (χ1) is 12.5. The van der Waals surface area contributed by atoms with E-state index in [9.17, 15) is 4.79 Å². The maximum absolute atomic E-state index is 12.3. The van der Waals surface area contributed by atoms with Crippen LogP contribution >= 0.6 is 35.4 Å². The van der Waals surface area contributed by atoms with Crippen LogP contribution in [-0.4, -0.2) is 30.8 Å². The van der Waals surface area contributed by atoms with Crippen molar-refractivity contribution >= 4 is 52.1 Å². The van der Waals surface area contributed by atoms with Crippen molar-refractivity contribution in [1.82, 2.24) is 5.32 Å². The van der Waals surface area contributed by atoms with Crippen LogP contribution in [0.5, 0.6) is 5.75 Å². The number of carbonyl (C=O) groups is 1. The molecule has 0 spiro atoms. The van der Waals surface area contributed by atoms with Crippen LogP contribution in [0.15, 0.2) is 42.5 Å². The molecule has 2 aromatic carbocycles. The summed E-state index contributed by atoms with van der Waals surface area (Å²) in [7, 11) is 0. The van der Waals surface area contributed by atoms with E-state index in [-0.39, 0.29) is 11.0 Å². The van der Waals surface area contributed by atoms with Crippen LogP contribution in [0.2, 0.25) is 10.0 Å². The number of nitrogens with one attached hydrogen (secondary N) is 2. The fourth-order valence-electron chi connectivity index (χ4n) is 2.01. The van der Waals surface area contributed by atoms with E-state index in [0.29, 0.717) is 46.9 Å². The minimum absolute atomic E-state index is 0.127. The summed E-state index contributed by atoms with van der Waals surface area (Å²) >= 11 is 17.1. The van der Waals surface area contributed by atoms with Crippen LogP contribution in [0.1, 0.15) is 17.3 Å². The molecule has 0 aliphatic heterocycles. The third kappa shape index (κ3) is 6.46. The van der Waals surface area contributed by atoms with E-state index in [0.717, 1.165) is 0 Å². The molecule has 0 aliphatic rings. The molecule has 2 rings (SSSR count). The van der Waals surface area contributed by atoms with Gasteiger partial charge in [-0.25, -0.2) is 0 Å². The molecule has 2 aromatic rings. The maximum atomic E-state index is 12.3. The number of thiocarbonyl (C=S) groups is 1. The minimum Gasteiger partial charge on any atom is -0.491 e. The molecule has 0 atom stereocenters. The van der Waals surface area contributed by atoms with Crippen molar-refractivity contribution in [2.24, 2.45) is 0 Å². The average molecular weight is 413 g/mol. The summed E-state index contributed by atoms with van der Waals surface area (Å²) in [5.41, 5.74) is 0.972. The normalized spacial score (nSPS) is 10.3. The Hall–Kier alpha value is -1.86. The van der Waals surface area contributed by atoms with Gasteiger partial charge >= 0.3 is 0 Å². The molecule has 138 valence electrons. The van der Waals surface area contributed by atoms with E-state index < -0.39 is 0 Å². The predicted molar refractivity (Wildman–Crippen MR) is 109 cm³/mol. The van der Waals surface area contributed by atoms with Crippen molar-refractivity contribution in [2.75, 3.05) is 25.1 Å². The highest BCUT2D eigenvalue weighted by atomic mass is 35.5. The van der Waals surface area contributed by atoms with Gasteiger partial charge in [-0.15, -0.1) is 0 Å². The monoisotopic (exact) mass is 412 g/mol. The second-order valence-corrected chi connectivity index (χ2v) is 6.36. The molecule has 0 saturated heterocycles. The number of amides is 1. The van der Waals surface area contributed by atoms with E-state index >= 15 is 0 Å². The van der Waals surface area contributed by atoms with Gasteiger partial charge in [-0.3, -0.25) is 10.1 Å². The molecule has 1 amide bonds. The van der Waals surface area contributed by atoms with Crippen molar-refractivity contribution in [3.8, 4) is 5.75 Å². The highest BCUT2D eigenvalue weighted by Crippen LogP contribution is 2.25. The van der Waals surface area contributed by atoms with Crippen molar-refractivity contribution in [3.05, 3.63) is 58.1 Å². The molecular weight excluding hydrogens is 395 g/mol. The van der Waals surface area contributed by atoms with Gasteiger partial charge < -0.3 is 14.8 Å². The molecular formula is C18H18Cl2N2O3S. The molecule has 26 heavy (non-hydrogen) atoms. The number of ether oxygens (including phenoxy) is 2. The van der Waals surface area contributed by atoms with Gasteiger partial charge in [0, 0.05) is 17.2 Å². The number of halogens is 2. The maximum Gasteiger partial charge on any atom is 0.257 e. The number of hydrogen-bond acceptors (Lipinski definition) is 4. The van der Waals surface area contributed by atoms with Crippen molar-refractivity contribution in [1.29, 1.82) is 0 Å².